The Bertz CT molecular complexity index is 206. The van der Waals surface area contributed by atoms with Gasteiger partial charge in [0, 0.05) is 6.08 Å². The van der Waals surface area contributed by atoms with E-state index in [1.165, 1.54) is 6.08 Å². The van der Waals surface area contributed by atoms with Crippen molar-refractivity contribution in [1.29, 1.82) is 5.26 Å². The van der Waals surface area contributed by atoms with Crippen LogP contribution in [0.4, 0.5) is 0 Å². The van der Waals surface area contributed by atoms with Crippen molar-refractivity contribution in [2.45, 2.75) is 6.92 Å². The number of ether oxygens (including phenoxy) is 1. The molecule has 0 fully saturated rings. The molecule has 0 aliphatic rings. The molecule has 3 nitrogen and oxygen atoms in total. The fourth-order valence-corrected chi connectivity index (χ4v) is 0.264. The summed E-state index contributed by atoms with van der Waals surface area (Å²) in [5.41, 5.74) is 0. The van der Waals surface area contributed by atoms with Crippen molar-refractivity contribution >= 4 is 17.6 Å². The van der Waals surface area contributed by atoms with E-state index < -0.39 is 5.97 Å². The Labute approximate surface area is 76.9 Å². The van der Waals surface area contributed by atoms with Gasteiger partial charge in [-0.05, 0) is 6.92 Å². The lowest BCUT2D eigenvalue weighted by Gasteiger charge is -1.95. The zero-order valence-electron chi connectivity index (χ0n) is 6.84. The van der Waals surface area contributed by atoms with Gasteiger partial charge in [0.2, 0.25) is 0 Å². The molecule has 0 atom stereocenters. The standard InChI is InChI=1S/C5H7ClO2.C3H3N/c1-3-8-5(7)4(2)6;1-2-3-4/h2-3H2,1H3;2H,1H2. The second-order valence-electron chi connectivity index (χ2n) is 1.46. The first-order chi connectivity index (χ1) is 5.59. The van der Waals surface area contributed by atoms with Crippen LogP contribution in [0.15, 0.2) is 24.3 Å². The van der Waals surface area contributed by atoms with E-state index in [-0.39, 0.29) is 5.03 Å². The van der Waals surface area contributed by atoms with E-state index in [0.29, 0.717) is 6.61 Å². The lowest BCUT2D eigenvalue weighted by Crippen LogP contribution is -2.01. The third-order valence-electron chi connectivity index (χ3n) is 0.588. The van der Waals surface area contributed by atoms with Gasteiger partial charge in [-0.2, -0.15) is 5.26 Å². The van der Waals surface area contributed by atoms with Gasteiger partial charge < -0.3 is 4.74 Å². The van der Waals surface area contributed by atoms with Crippen LogP contribution < -0.4 is 0 Å². The van der Waals surface area contributed by atoms with Crippen LogP contribution in [-0.2, 0) is 9.53 Å². The van der Waals surface area contributed by atoms with Gasteiger partial charge in [-0.3, -0.25) is 0 Å². The highest BCUT2D eigenvalue weighted by molar-refractivity contribution is 6.40. The van der Waals surface area contributed by atoms with Gasteiger partial charge >= 0.3 is 5.97 Å². The molecule has 0 N–H and O–H groups in total. The summed E-state index contributed by atoms with van der Waals surface area (Å²) in [5, 5.41) is 7.43. The Hall–Kier alpha value is -1.27. The lowest BCUT2D eigenvalue weighted by atomic mass is 10.6. The quantitative estimate of drug-likeness (QED) is 0.378. The minimum Gasteiger partial charge on any atom is -0.462 e. The minimum absolute atomic E-state index is 0.0770. The van der Waals surface area contributed by atoms with Crippen molar-refractivity contribution in [3.8, 4) is 6.07 Å². The summed E-state index contributed by atoms with van der Waals surface area (Å²) in [4.78, 5) is 10.3. The first-order valence-electron chi connectivity index (χ1n) is 3.12. The Balaban J connectivity index is 0. The predicted octanol–water partition coefficient (Wildman–Crippen LogP) is 2.00. The number of esters is 1. The molecular weight excluding hydrogens is 178 g/mol. The fraction of sp³-hybridized carbons (Fsp3) is 0.250. The van der Waals surface area contributed by atoms with E-state index >= 15 is 0 Å². The SMILES string of the molecule is C=C(Cl)C(=O)OCC.C=CC#N. The van der Waals surface area contributed by atoms with Crippen LogP contribution >= 0.6 is 11.6 Å². The summed E-state index contributed by atoms with van der Waals surface area (Å²) in [6.45, 7) is 8.33. The zero-order valence-corrected chi connectivity index (χ0v) is 7.60. The van der Waals surface area contributed by atoms with Crippen LogP contribution in [0.3, 0.4) is 0 Å². The van der Waals surface area contributed by atoms with Crippen molar-refractivity contribution in [2.24, 2.45) is 0 Å². The highest BCUT2D eigenvalue weighted by Gasteiger charge is 2.00. The van der Waals surface area contributed by atoms with Gasteiger partial charge in [0.05, 0.1) is 12.7 Å². The molecule has 0 saturated carbocycles. The van der Waals surface area contributed by atoms with Crippen LogP contribution in [-0.4, -0.2) is 12.6 Å². The van der Waals surface area contributed by atoms with Crippen molar-refractivity contribution in [2.75, 3.05) is 6.61 Å². The van der Waals surface area contributed by atoms with E-state index in [9.17, 15) is 4.79 Å². The van der Waals surface area contributed by atoms with E-state index in [2.05, 4.69) is 17.9 Å². The van der Waals surface area contributed by atoms with E-state index in [1.54, 1.807) is 13.0 Å². The molecule has 66 valence electrons. The highest BCUT2D eigenvalue weighted by atomic mass is 35.5. The van der Waals surface area contributed by atoms with E-state index in [1.807, 2.05) is 0 Å². The number of carbonyl (C=O) groups excluding carboxylic acids is 1. The summed E-state index contributed by atoms with van der Waals surface area (Å²) >= 11 is 5.14. The summed E-state index contributed by atoms with van der Waals surface area (Å²) in [7, 11) is 0. The molecule has 0 aromatic heterocycles. The number of nitrogens with zero attached hydrogens (tertiary/aromatic N) is 1. The molecule has 4 heteroatoms. The van der Waals surface area contributed by atoms with Crippen LogP contribution in [0.1, 0.15) is 6.92 Å². The molecule has 0 aromatic carbocycles. The molecule has 0 saturated heterocycles. The van der Waals surface area contributed by atoms with Crippen molar-refractivity contribution in [3.05, 3.63) is 24.3 Å². The van der Waals surface area contributed by atoms with Crippen molar-refractivity contribution < 1.29 is 9.53 Å². The average Bonchev–Trinajstić information content (AvgIpc) is 2.05. The number of carbonyl (C=O) groups is 1. The van der Waals surface area contributed by atoms with Gasteiger partial charge in [0.1, 0.15) is 5.03 Å². The van der Waals surface area contributed by atoms with Gasteiger partial charge in [-0.15, -0.1) is 0 Å². The monoisotopic (exact) mass is 187 g/mol. The third kappa shape index (κ3) is 11.5. The van der Waals surface area contributed by atoms with Crippen LogP contribution in [0.25, 0.3) is 0 Å². The zero-order chi connectivity index (χ0) is 9.98. The van der Waals surface area contributed by atoms with E-state index in [4.69, 9.17) is 16.9 Å². The summed E-state index contributed by atoms with van der Waals surface area (Å²) < 4.78 is 4.43. The molecule has 0 heterocycles. The largest absolute Gasteiger partial charge is 0.462 e. The van der Waals surface area contributed by atoms with E-state index in [0.717, 1.165) is 0 Å². The molecule has 0 aliphatic carbocycles. The van der Waals surface area contributed by atoms with Crippen molar-refractivity contribution in [1.82, 2.24) is 0 Å². The van der Waals surface area contributed by atoms with Crippen molar-refractivity contribution in [3.63, 3.8) is 0 Å². The lowest BCUT2D eigenvalue weighted by molar-refractivity contribution is -0.137. The fourth-order valence-electron chi connectivity index (χ4n) is 0.209. The topological polar surface area (TPSA) is 50.1 Å². The predicted molar refractivity (Wildman–Crippen MR) is 47.4 cm³/mol. The summed E-state index contributed by atoms with van der Waals surface area (Å²) in [6.07, 6.45) is 1.18. The normalized spacial score (nSPS) is 6.75. The van der Waals surface area contributed by atoms with Crippen LogP contribution in [0.2, 0.25) is 0 Å². The van der Waals surface area contributed by atoms with Gasteiger partial charge in [0.25, 0.3) is 0 Å². The second-order valence-corrected chi connectivity index (χ2v) is 1.91. The smallest absolute Gasteiger partial charge is 0.349 e. The van der Waals surface area contributed by atoms with Gasteiger partial charge in [-0.25, -0.2) is 4.79 Å². The first kappa shape index (κ1) is 13.3. The molecule has 0 unspecified atom stereocenters. The van der Waals surface area contributed by atoms with Crippen LogP contribution in [0.5, 0.6) is 0 Å². The van der Waals surface area contributed by atoms with Gasteiger partial charge in [0.15, 0.2) is 0 Å². The Morgan fingerprint density at radius 1 is 1.83 bits per heavy atom. The highest BCUT2D eigenvalue weighted by Crippen LogP contribution is 1.98. The summed E-state index contributed by atoms with van der Waals surface area (Å²) in [6, 6.07) is 1.69. The average molecular weight is 188 g/mol. The van der Waals surface area contributed by atoms with Crippen LogP contribution in [0, 0.1) is 11.3 Å². The number of hydrogen-bond acceptors (Lipinski definition) is 3. The maximum absolute atomic E-state index is 10.3. The molecular formula is C8H10ClNO2. The molecule has 0 aliphatic heterocycles. The number of rotatable bonds is 2. The molecule has 0 spiro atoms. The maximum atomic E-state index is 10.3. The molecule has 0 radical (unpaired) electrons. The Kier molecular flexibility index (Phi) is 10.8. The molecule has 0 rings (SSSR count). The summed E-state index contributed by atoms with van der Waals surface area (Å²) in [5.74, 6) is -0.547. The number of nitriles is 1. The number of hydrogen-bond donors (Lipinski definition) is 0. The minimum atomic E-state index is -0.547. The molecule has 0 aromatic rings. The molecule has 0 bridgehead atoms. The third-order valence-corrected chi connectivity index (χ3v) is 0.743. The number of halogens is 1. The first-order valence-corrected chi connectivity index (χ1v) is 3.50. The Morgan fingerprint density at radius 2 is 2.25 bits per heavy atom. The Morgan fingerprint density at radius 3 is 2.33 bits per heavy atom. The molecule has 0 amide bonds. The van der Waals surface area contributed by atoms with Gasteiger partial charge in [-0.1, -0.05) is 24.8 Å². The maximum Gasteiger partial charge on any atom is 0.349 e. The second kappa shape index (κ2) is 9.73. The number of allylic oxidation sites excluding steroid dienone is 1. The molecule has 12 heavy (non-hydrogen) atoms.